The van der Waals surface area contributed by atoms with Crippen LogP contribution in [0, 0.1) is 0 Å². The Labute approximate surface area is 162 Å². The largest absolute Gasteiger partial charge is 0.493 e. The molecule has 0 heterocycles. The standard InChI is InChI=1S/C20H33N3O4/c1-5-21-20(22-14-10-8-7-9-11-19(24)26-4)23-16-12-13-17(27-6-2)18(15-16)25-3/h12-13,15H,5-11,14H2,1-4H3,(H2,21,22,23). The molecule has 0 aliphatic carbocycles. The molecule has 27 heavy (non-hydrogen) atoms. The summed E-state index contributed by atoms with van der Waals surface area (Å²) in [6.45, 7) is 6.06. The van der Waals surface area contributed by atoms with Gasteiger partial charge in [0.1, 0.15) is 0 Å². The molecule has 0 amide bonds. The SMILES string of the molecule is CCNC(=NCCCCCCC(=O)OC)Nc1ccc(OCC)c(OC)c1. The molecule has 7 nitrogen and oxygen atoms in total. The number of rotatable bonds is 12. The average Bonchev–Trinajstić information content (AvgIpc) is 2.68. The number of anilines is 1. The number of carbonyl (C=O) groups excluding carboxylic acids is 1. The summed E-state index contributed by atoms with van der Waals surface area (Å²) in [4.78, 5) is 15.7. The Hall–Kier alpha value is -2.44. The van der Waals surface area contributed by atoms with Crippen LogP contribution in [0.4, 0.5) is 5.69 Å². The van der Waals surface area contributed by atoms with Crippen molar-refractivity contribution in [1.29, 1.82) is 0 Å². The molecule has 1 aromatic rings. The van der Waals surface area contributed by atoms with Crippen LogP contribution >= 0.6 is 0 Å². The summed E-state index contributed by atoms with van der Waals surface area (Å²) in [5.74, 6) is 2.00. The van der Waals surface area contributed by atoms with E-state index in [0.717, 1.165) is 56.2 Å². The quantitative estimate of drug-likeness (QED) is 0.250. The number of hydrogen-bond acceptors (Lipinski definition) is 5. The smallest absolute Gasteiger partial charge is 0.305 e. The van der Waals surface area contributed by atoms with E-state index in [0.29, 0.717) is 18.8 Å². The van der Waals surface area contributed by atoms with Crippen LogP contribution in [0.3, 0.4) is 0 Å². The van der Waals surface area contributed by atoms with Crippen molar-refractivity contribution in [3.63, 3.8) is 0 Å². The summed E-state index contributed by atoms with van der Waals surface area (Å²) < 4.78 is 15.6. The molecule has 0 saturated carbocycles. The Bertz CT molecular complexity index is 591. The van der Waals surface area contributed by atoms with Crippen molar-refractivity contribution in [2.45, 2.75) is 46.0 Å². The monoisotopic (exact) mass is 379 g/mol. The first-order valence-corrected chi connectivity index (χ1v) is 9.57. The summed E-state index contributed by atoms with van der Waals surface area (Å²) in [5, 5.41) is 6.53. The highest BCUT2D eigenvalue weighted by molar-refractivity contribution is 5.93. The first kappa shape index (κ1) is 22.6. The Morgan fingerprint density at radius 3 is 2.52 bits per heavy atom. The lowest BCUT2D eigenvalue weighted by molar-refractivity contribution is -0.140. The number of carbonyl (C=O) groups is 1. The summed E-state index contributed by atoms with van der Waals surface area (Å²) in [6.07, 6.45) is 4.37. The summed E-state index contributed by atoms with van der Waals surface area (Å²) in [6, 6.07) is 5.72. The molecule has 1 rings (SSSR count). The van der Waals surface area contributed by atoms with Gasteiger partial charge in [0.2, 0.25) is 0 Å². The molecule has 0 fully saturated rings. The highest BCUT2D eigenvalue weighted by atomic mass is 16.5. The first-order chi connectivity index (χ1) is 13.1. The average molecular weight is 380 g/mol. The number of benzene rings is 1. The fraction of sp³-hybridized carbons (Fsp3) is 0.600. The number of nitrogens with one attached hydrogen (secondary N) is 2. The van der Waals surface area contributed by atoms with E-state index in [-0.39, 0.29) is 5.97 Å². The van der Waals surface area contributed by atoms with E-state index in [2.05, 4.69) is 20.4 Å². The molecule has 7 heteroatoms. The minimum atomic E-state index is -0.141. The van der Waals surface area contributed by atoms with Gasteiger partial charge in [-0.15, -0.1) is 0 Å². The van der Waals surface area contributed by atoms with Crippen molar-refractivity contribution in [2.75, 3.05) is 39.2 Å². The Morgan fingerprint density at radius 1 is 1.07 bits per heavy atom. The van der Waals surface area contributed by atoms with Crippen LogP contribution in [0.15, 0.2) is 23.2 Å². The predicted molar refractivity (Wildman–Crippen MR) is 109 cm³/mol. The zero-order valence-corrected chi connectivity index (χ0v) is 17.0. The summed E-state index contributed by atoms with van der Waals surface area (Å²) in [5.41, 5.74) is 0.882. The number of nitrogens with zero attached hydrogens (tertiary/aromatic N) is 1. The lowest BCUT2D eigenvalue weighted by atomic mass is 10.1. The highest BCUT2D eigenvalue weighted by Crippen LogP contribution is 2.30. The molecular weight excluding hydrogens is 346 g/mol. The Balaban J connectivity index is 2.50. The summed E-state index contributed by atoms with van der Waals surface area (Å²) in [7, 11) is 3.05. The van der Waals surface area contributed by atoms with Crippen molar-refractivity contribution in [3.8, 4) is 11.5 Å². The molecule has 0 radical (unpaired) electrons. The second-order valence-electron chi connectivity index (χ2n) is 5.92. The van der Waals surface area contributed by atoms with Gasteiger partial charge < -0.3 is 24.8 Å². The molecule has 152 valence electrons. The fourth-order valence-electron chi connectivity index (χ4n) is 2.49. The van der Waals surface area contributed by atoms with Gasteiger partial charge in [-0.05, 0) is 38.8 Å². The minimum absolute atomic E-state index is 0.141. The maximum atomic E-state index is 11.1. The van der Waals surface area contributed by atoms with Crippen LogP contribution in [0.25, 0.3) is 0 Å². The van der Waals surface area contributed by atoms with E-state index in [1.165, 1.54) is 7.11 Å². The van der Waals surface area contributed by atoms with Crippen LogP contribution in [0.5, 0.6) is 11.5 Å². The molecule has 0 saturated heterocycles. The van der Waals surface area contributed by atoms with Gasteiger partial charge in [-0.3, -0.25) is 9.79 Å². The first-order valence-electron chi connectivity index (χ1n) is 9.57. The molecule has 0 aliphatic rings. The number of methoxy groups -OCH3 is 2. The third kappa shape index (κ3) is 9.17. The minimum Gasteiger partial charge on any atom is -0.493 e. The Morgan fingerprint density at radius 2 is 1.85 bits per heavy atom. The van der Waals surface area contributed by atoms with Crippen molar-refractivity contribution < 1.29 is 19.0 Å². The van der Waals surface area contributed by atoms with E-state index < -0.39 is 0 Å². The molecule has 0 unspecified atom stereocenters. The summed E-state index contributed by atoms with van der Waals surface area (Å²) >= 11 is 0. The molecule has 0 aliphatic heterocycles. The van der Waals surface area contributed by atoms with Gasteiger partial charge in [0.05, 0.1) is 20.8 Å². The zero-order chi connectivity index (χ0) is 19.9. The Kier molecular flexibility index (Phi) is 11.5. The van der Waals surface area contributed by atoms with Gasteiger partial charge in [0.15, 0.2) is 17.5 Å². The van der Waals surface area contributed by atoms with Gasteiger partial charge in [0.25, 0.3) is 0 Å². The van der Waals surface area contributed by atoms with Gasteiger partial charge in [-0.1, -0.05) is 12.8 Å². The highest BCUT2D eigenvalue weighted by Gasteiger charge is 2.07. The number of aliphatic imine (C=N–C) groups is 1. The van der Waals surface area contributed by atoms with Crippen LogP contribution in [0.2, 0.25) is 0 Å². The normalized spacial score (nSPS) is 11.0. The van der Waals surface area contributed by atoms with E-state index in [1.54, 1.807) is 7.11 Å². The van der Waals surface area contributed by atoms with E-state index in [1.807, 2.05) is 32.0 Å². The number of esters is 1. The van der Waals surface area contributed by atoms with Gasteiger partial charge in [0, 0.05) is 31.3 Å². The number of guanidine groups is 1. The van der Waals surface area contributed by atoms with Gasteiger partial charge in [-0.25, -0.2) is 0 Å². The maximum Gasteiger partial charge on any atom is 0.305 e. The number of ether oxygens (including phenoxy) is 3. The third-order valence-corrected chi connectivity index (χ3v) is 3.86. The van der Waals surface area contributed by atoms with Crippen LogP contribution in [-0.4, -0.2) is 45.8 Å². The number of unbranched alkanes of at least 4 members (excludes halogenated alkanes) is 3. The molecule has 0 spiro atoms. The fourth-order valence-corrected chi connectivity index (χ4v) is 2.49. The van der Waals surface area contributed by atoms with E-state index in [4.69, 9.17) is 9.47 Å². The van der Waals surface area contributed by atoms with E-state index in [9.17, 15) is 4.79 Å². The molecule has 0 aromatic heterocycles. The molecule has 2 N–H and O–H groups in total. The second kappa shape index (κ2) is 13.7. The van der Waals surface area contributed by atoms with Crippen molar-refractivity contribution in [1.82, 2.24) is 5.32 Å². The van der Waals surface area contributed by atoms with Gasteiger partial charge >= 0.3 is 5.97 Å². The van der Waals surface area contributed by atoms with Crippen molar-refractivity contribution >= 4 is 17.6 Å². The van der Waals surface area contributed by atoms with Gasteiger partial charge in [-0.2, -0.15) is 0 Å². The molecule has 0 bridgehead atoms. The van der Waals surface area contributed by atoms with Crippen LogP contribution in [-0.2, 0) is 9.53 Å². The topological polar surface area (TPSA) is 81.2 Å². The van der Waals surface area contributed by atoms with Crippen LogP contribution in [0.1, 0.15) is 46.0 Å². The zero-order valence-electron chi connectivity index (χ0n) is 17.0. The third-order valence-electron chi connectivity index (χ3n) is 3.86. The maximum absolute atomic E-state index is 11.1. The van der Waals surface area contributed by atoms with E-state index >= 15 is 0 Å². The molecule has 1 aromatic carbocycles. The van der Waals surface area contributed by atoms with Crippen molar-refractivity contribution in [2.24, 2.45) is 4.99 Å². The van der Waals surface area contributed by atoms with Crippen LogP contribution < -0.4 is 20.1 Å². The molecular formula is C20H33N3O4. The second-order valence-corrected chi connectivity index (χ2v) is 5.92. The number of hydrogen-bond donors (Lipinski definition) is 2. The van der Waals surface area contributed by atoms with Crippen molar-refractivity contribution in [3.05, 3.63) is 18.2 Å². The molecule has 0 atom stereocenters. The predicted octanol–water partition coefficient (Wildman–Crippen LogP) is 3.59. The lowest BCUT2D eigenvalue weighted by Crippen LogP contribution is -2.30. The lowest BCUT2D eigenvalue weighted by Gasteiger charge is -2.14.